The van der Waals surface area contributed by atoms with Crippen LogP contribution in [0.1, 0.15) is 16.7 Å². The molecule has 0 bridgehead atoms. The van der Waals surface area contributed by atoms with Gasteiger partial charge in [0.25, 0.3) is 0 Å². The minimum Gasteiger partial charge on any atom is -0.398 e. The van der Waals surface area contributed by atoms with Gasteiger partial charge in [0.2, 0.25) is 0 Å². The zero-order chi connectivity index (χ0) is 30.5. The van der Waals surface area contributed by atoms with E-state index in [0.717, 1.165) is 27.3 Å². The highest BCUT2D eigenvalue weighted by Crippen LogP contribution is 2.38. The van der Waals surface area contributed by atoms with E-state index in [9.17, 15) is 5.26 Å². The first kappa shape index (κ1) is 26.3. The smallest absolute Gasteiger partial charge is 0.0991 e. The zero-order valence-electron chi connectivity index (χ0n) is 24.4. The molecule has 0 fully saturated rings. The lowest BCUT2D eigenvalue weighted by Crippen LogP contribution is -2.34. The summed E-state index contributed by atoms with van der Waals surface area (Å²) in [6.45, 7) is 0. The van der Waals surface area contributed by atoms with Gasteiger partial charge in [0, 0.05) is 38.3 Å². The van der Waals surface area contributed by atoms with Crippen molar-refractivity contribution in [3.05, 3.63) is 173 Å². The Morgan fingerprint density at radius 1 is 0.511 bits per heavy atom. The Morgan fingerprint density at radius 2 is 1.07 bits per heavy atom. The van der Waals surface area contributed by atoms with Crippen LogP contribution in [0.5, 0.6) is 0 Å². The third kappa shape index (κ3) is 4.30. The number of benzene rings is 7. The summed E-state index contributed by atoms with van der Waals surface area (Å²) in [5.74, 6) is 0. The molecule has 0 atom stereocenters. The highest BCUT2D eigenvalue weighted by atomic mass is 15.0. The normalized spacial score (nSPS) is 12.9. The summed E-state index contributed by atoms with van der Waals surface area (Å²) >= 11 is 0. The quantitative estimate of drug-likeness (QED) is 0.234. The molecule has 0 spiro atoms. The average molecular weight is 577 g/mol. The second-order valence-corrected chi connectivity index (χ2v) is 11.3. The summed E-state index contributed by atoms with van der Waals surface area (Å²) in [6, 6.07) is 52.0. The van der Waals surface area contributed by atoms with Crippen molar-refractivity contribution in [2.75, 3.05) is 0 Å². The van der Waals surface area contributed by atoms with Crippen LogP contribution in [-0.2, 0) is 0 Å². The molecule has 0 aliphatic carbocycles. The molecular weight excluding hydrogens is 548 g/mol. The van der Waals surface area contributed by atoms with E-state index in [-0.39, 0.29) is 0 Å². The number of aromatic nitrogens is 1. The molecule has 4 N–H and O–H groups in total. The van der Waals surface area contributed by atoms with Gasteiger partial charge in [-0.15, -0.1) is 0 Å². The molecule has 1 aromatic heterocycles. The molecule has 0 unspecified atom stereocenters. The maximum Gasteiger partial charge on any atom is 0.0991 e. The van der Waals surface area contributed by atoms with E-state index in [1.807, 2.05) is 36.4 Å². The lowest BCUT2D eigenvalue weighted by molar-refractivity contribution is 1.18. The fourth-order valence-corrected chi connectivity index (χ4v) is 6.53. The van der Waals surface area contributed by atoms with Gasteiger partial charge >= 0.3 is 0 Å². The van der Waals surface area contributed by atoms with Crippen LogP contribution in [-0.4, -0.2) is 4.57 Å². The van der Waals surface area contributed by atoms with Gasteiger partial charge in [-0.2, -0.15) is 5.26 Å². The number of hydrogen-bond acceptors (Lipinski definition) is 3. The highest BCUT2D eigenvalue weighted by molar-refractivity contribution is 6.23. The minimum absolute atomic E-state index is 0.593. The van der Waals surface area contributed by atoms with Crippen molar-refractivity contribution in [3.63, 3.8) is 0 Å². The lowest BCUT2D eigenvalue weighted by atomic mass is 10.0. The molecule has 212 valence electrons. The van der Waals surface area contributed by atoms with Crippen LogP contribution in [0.25, 0.3) is 60.4 Å². The van der Waals surface area contributed by atoms with Gasteiger partial charge < -0.3 is 16.0 Å². The molecule has 45 heavy (non-hydrogen) atoms. The van der Waals surface area contributed by atoms with Gasteiger partial charge in [0.05, 0.1) is 22.7 Å². The minimum atomic E-state index is 0.593. The highest BCUT2D eigenvalue weighted by Gasteiger charge is 2.16. The lowest BCUT2D eigenvalue weighted by Gasteiger charge is -2.11. The fraction of sp³-hybridized carbons (Fsp3) is 0. The van der Waals surface area contributed by atoms with Gasteiger partial charge in [-0.1, -0.05) is 103 Å². The number of fused-ring (bicyclic) bond motifs is 6. The Balaban J connectivity index is 1.32. The van der Waals surface area contributed by atoms with Gasteiger partial charge in [-0.25, -0.2) is 0 Å². The van der Waals surface area contributed by atoms with Crippen molar-refractivity contribution < 1.29 is 0 Å². The first-order valence-electron chi connectivity index (χ1n) is 14.9. The molecule has 0 saturated carbocycles. The van der Waals surface area contributed by atoms with Crippen LogP contribution in [0.3, 0.4) is 0 Å². The van der Waals surface area contributed by atoms with E-state index >= 15 is 0 Å². The molecule has 0 aliphatic rings. The predicted octanol–water partition coefficient (Wildman–Crippen LogP) is 7.19. The van der Waals surface area contributed by atoms with Gasteiger partial charge in [-0.05, 0) is 75.1 Å². The monoisotopic (exact) mass is 576 g/mol. The summed E-state index contributed by atoms with van der Waals surface area (Å²) in [4.78, 5) is 0. The molecule has 7 aromatic carbocycles. The van der Waals surface area contributed by atoms with Crippen LogP contribution in [0.4, 0.5) is 0 Å². The molecule has 0 saturated heterocycles. The summed E-state index contributed by atoms with van der Waals surface area (Å²) < 4.78 is 2.36. The van der Waals surface area contributed by atoms with E-state index in [1.54, 1.807) is 12.1 Å². The standard InChI is InChI=1S/C41H28N4/c42-25-26-13-15-28(16-14-26)40(43)34-11-5-6-12-35(34)41(44)29-17-20-32(21-18-29)45-37-22-19-27-7-3-4-10-33(27)39(37)36-23-30-8-1-2-9-31(30)24-38(36)45/h1-24H,43-44H2/b40-34-,41-35-. The summed E-state index contributed by atoms with van der Waals surface area (Å²) in [5, 5.41) is 18.3. The summed E-state index contributed by atoms with van der Waals surface area (Å²) in [6.07, 6.45) is 0. The number of rotatable bonds is 3. The van der Waals surface area contributed by atoms with Crippen LogP contribution in [0, 0.1) is 11.3 Å². The van der Waals surface area contributed by atoms with Crippen LogP contribution >= 0.6 is 0 Å². The average Bonchev–Trinajstić information content (AvgIpc) is 3.43. The molecule has 0 aliphatic heterocycles. The van der Waals surface area contributed by atoms with E-state index in [1.165, 1.54) is 43.4 Å². The SMILES string of the molecule is N#Cc1ccc(/C(N)=c2\cccc\c2=C(\N)c2ccc(-n3c4cc5ccccc5cc4c4c5ccccc5ccc43)cc2)cc1. The summed E-state index contributed by atoms with van der Waals surface area (Å²) in [5.41, 5.74) is 20.5. The Kier molecular flexibility index (Phi) is 6.11. The van der Waals surface area contributed by atoms with E-state index in [2.05, 4.69) is 108 Å². The van der Waals surface area contributed by atoms with Gasteiger partial charge in [0.15, 0.2) is 0 Å². The van der Waals surface area contributed by atoms with Crippen LogP contribution in [0.2, 0.25) is 0 Å². The van der Waals surface area contributed by atoms with Crippen molar-refractivity contribution >= 4 is 54.7 Å². The fourth-order valence-electron chi connectivity index (χ4n) is 6.53. The molecule has 8 aromatic rings. The van der Waals surface area contributed by atoms with Crippen LogP contribution < -0.4 is 21.9 Å². The molecule has 1 heterocycles. The first-order chi connectivity index (χ1) is 22.1. The largest absolute Gasteiger partial charge is 0.398 e. The predicted molar refractivity (Wildman–Crippen MR) is 186 cm³/mol. The molecule has 4 nitrogen and oxygen atoms in total. The first-order valence-corrected chi connectivity index (χ1v) is 14.9. The van der Waals surface area contributed by atoms with Crippen molar-refractivity contribution in [2.24, 2.45) is 11.5 Å². The maximum absolute atomic E-state index is 9.19. The van der Waals surface area contributed by atoms with Gasteiger partial charge in [0.1, 0.15) is 0 Å². The molecule has 8 rings (SSSR count). The Bertz CT molecular complexity index is 2600. The Labute approximate surface area is 260 Å². The molecular formula is C41H28N4. The second kappa shape index (κ2) is 10.4. The van der Waals surface area contributed by atoms with Crippen molar-refractivity contribution in [1.29, 1.82) is 5.26 Å². The topological polar surface area (TPSA) is 80.8 Å². The van der Waals surface area contributed by atoms with Crippen molar-refractivity contribution in [1.82, 2.24) is 4.57 Å². The third-order valence-electron chi connectivity index (χ3n) is 8.79. The molecule has 4 heteroatoms. The Morgan fingerprint density at radius 3 is 1.71 bits per heavy atom. The summed E-state index contributed by atoms with van der Waals surface area (Å²) in [7, 11) is 0. The van der Waals surface area contributed by atoms with Crippen molar-refractivity contribution in [3.8, 4) is 11.8 Å². The van der Waals surface area contributed by atoms with Crippen molar-refractivity contribution in [2.45, 2.75) is 0 Å². The third-order valence-corrected chi connectivity index (χ3v) is 8.79. The number of nitriles is 1. The molecule has 0 radical (unpaired) electrons. The Hall–Kier alpha value is -6.31. The number of nitrogens with zero attached hydrogens (tertiary/aromatic N) is 2. The number of hydrogen-bond donors (Lipinski definition) is 2. The van der Waals surface area contributed by atoms with E-state index in [4.69, 9.17) is 11.5 Å². The second-order valence-electron chi connectivity index (χ2n) is 11.3. The zero-order valence-corrected chi connectivity index (χ0v) is 24.4. The van der Waals surface area contributed by atoms with Gasteiger partial charge in [-0.3, -0.25) is 0 Å². The van der Waals surface area contributed by atoms with E-state index in [0.29, 0.717) is 17.0 Å². The van der Waals surface area contributed by atoms with E-state index < -0.39 is 0 Å². The maximum atomic E-state index is 9.19. The van der Waals surface area contributed by atoms with Crippen LogP contribution in [0.15, 0.2) is 146 Å². The number of nitrogens with two attached hydrogens (primary N) is 2. The molecule has 0 amide bonds.